The monoisotopic (exact) mass is 297 g/mol. The van der Waals surface area contributed by atoms with E-state index in [0.717, 1.165) is 16.9 Å². The van der Waals surface area contributed by atoms with Crippen LogP contribution in [0.1, 0.15) is 10.4 Å². The van der Waals surface area contributed by atoms with Crippen LogP contribution in [0, 0.1) is 6.92 Å². The molecule has 6 heteroatoms. The first-order valence-electron chi connectivity index (χ1n) is 5.70. The smallest absolute Gasteiger partial charge is 0.273 e. The lowest BCUT2D eigenvalue weighted by Crippen LogP contribution is -2.25. The number of hydrogen-bond acceptors (Lipinski definition) is 4. The van der Waals surface area contributed by atoms with Crippen LogP contribution in [0.5, 0.6) is 0 Å². The number of benzene rings is 1. The van der Waals surface area contributed by atoms with Crippen LogP contribution < -0.4 is 4.31 Å². The summed E-state index contributed by atoms with van der Waals surface area (Å²) in [5, 5.41) is 9.01. The van der Waals surface area contributed by atoms with Crippen molar-refractivity contribution in [1.29, 1.82) is 0 Å². The second-order valence-electron chi connectivity index (χ2n) is 4.19. The first kappa shape index (κ1) is 14.0. The number of aryl methyl sites for hydroxylation is 1. The van der Waals surface area contributed by atoms with E-state index in [0.29, 0.717) is 10.6 Å². The van der Waals surface area contributed by atoms with Gasteiger partial charge in [-0.15, -0.1) is 11.3 Å². The number of anilines is 1. The van der Waals surface area contributed by atoms with Crippen LogP contribution in [0.2, 0.25) is 0 Å². The summed E-state index contributed by atoms with van der Waals surface area (Å²) in [6.07, 6.45) is 0. The number of thiophene rings is 1. The molecule has 0 amide bonds. The lowest BCUT2D eigenvalue weighted by molar-refractivity contribution is 0.285. The van der Waals surface area contributed by atoms with Gasteiger partial charge in [0.25, 0.3) is 10.0 Å². The van der Waals surface area contributed by atoms with Crippen LogP contribution in [0.15, 0.2) is 40.6 Å². The number of aliphatic hydroxyl groups excluding tert-OH is 1. The fourth-order valence-electron chi connectivity index (χ4n) is 1.68. The number of aliphatic hydroxyl groups is 1. The van der Waals surface area contributed by atoms with Crippen LogP contribution in [0.4, 0.5) is 5.69 Å². The van der Waals surface area contributed by atoms with E-state index in [4.69, 9.17) is 5.11 Å². The van der Waals surface area contributed by atoms with Crippen LogP contribution in [-0.4, -0.2) is 20.6 Å². The molecule has 0 spiro atoms. The van der Waals surface area contributed by atoms with E-state index in [1.165, 1.54) is 17.4 Å². The molecule has 1 heterocycles. The van der Waals surface area contributed by atoms with E-state index < -0.39 is 10.0 Å². The third kappa shape index (κ3) is 2.80. The van der Waals surface area contributed by atoms with Crippen molar-refractivity contribution in [2.45, 2.75) is 17.7 Å². The highest BCUT2D eigenvalue weighted by atomic mass is 32.2. The van der Waals surface area contributed by atoms with Gasteiger partial charge in [0.2, 0.25) is 0 Å². The summed E-state index contributed by atoms with van der Waals surface area (Å²) in [5.74, 6) is 0. The Labute approximate surface area is 117 Å². The van der Waals surface area contributed by atoms with Gasteiger partial charge in [0.05, 0.1) is 12.3 Å². The first-order chi connectivity index (χ1) is 8.95. The summed E-state index contributed by atoms with van der Waals surface area (Å²) >= 11 is 1.09. The maximum Gasteiger partial charge on any atom is 0.273 e. The summed E-state index contributed by atoms with van der Waals surface area (Å²) in [5.41, 5.74) is 1.63. The summed E-state index contributed by atoms with van der Waals surface area (Å²) in [7, 11) is -2.03. The van der Waals surface area contributed by atoms with Crippen molar-refractivity contribution < 1.29 is 13.5 Å². The van der Waals surface area contributed by atoms with Gasteiger partial charge in [0.1, 0.15) is 4.21 Å². The van der Waals surface area contributed by atoms with Gasteiger partial charge in [-0.1, -0.05) is 12.1 Å². The Hall–Kier alpha value is -1.37. The molecule has 0 bridgehead atoms. The van der Waals surface area contributed by atoms with E-state index in [9.17, 15) is 8.42 Å². The largest absolute Gasteiger partial charge is 0.391 e. The van der Waals surface area contributed by atoms with Gasteiger partial charge in [-0.3, -0.25) is 4.31 Å². The number of sulfonamides is 1. The van der Waals surface area contributed by atoms with Gasteiger partial charge >= 0.3 is 0 Å². The lowest BCUT2D eigenvalue weighted by atomic mass is 10.2. The molecule has 1 aromatic heterocycles. The van der Waals surface area contributed by atoms with Crippen molar-refractivity contribution in [2.75, 3.05) is 11.4 Å². The summed E-state index contributed by atoms with van der Waals surface area (Å²) in [6.45, 7) is 1.77. The molecule has 0 unspecified atom stereocenters. The maximum atomic E-state index is 12.4. The highest BCUT2D eigenvalue weighted by Crippen LogP contribution is 2.27. The fourth-order valence-corrected chi connectivity index (χ4v) is 4.25. The van der Waals surface area contributed by atoms with E-state index in [2.05, 4.69) is 0 Å². The Morgan fingerprint density at radius 1 is 1.26 bits per heavy atom. The second-order valence-corrected chi connectivity index (χ2v) is 7.55. The molecular weight excluding hydrogens is 282 g/mol. The Balaban J connectivity index is 2.39. The van der Waals surface area contributed by atoms with Crippen molar-refractivity contribution in [3.8, 4) is 0 Å². The lowest BCUT2D eigenvalue weighted by Gasteiger charge is -2.18. The van der Waals surface area contributed by atoms with Crippen molar-refractivity contribution in [1.82, 2.24) is 0 Å². The molecule has 1 aromatic carbocycles. The fraction of sp³-hybridized carbons (Fsp3) is 0.231. The SMILES string of the molecule is Cc1cccc(N(C)S(=O)(=O)c2ccc(CO)s2)c1. The van der Waals surface area contributed by atoms with Crippen molar-refractivity contribution in [3.63, 3.8) is 0 Å². The van der Waals surface area contributed by atoms with Gasteiger partial charge in [-0.05, 0) is 36.8 Å². The average molecular weight is 297 g/mol. The Morgan fingerprint density at radius 2 is 2.00 bits per heavy atom. The predicted octanol–water partition coefficient (Wildman–Crippen LogP) is 2.37. The van der Waals surface area contributed by atoms with E-state index >= 15 is 0 Å². The molecule has 2 rings (SSSR count). The van der Waals surface area contributed by atoms with Gasteiger partial charge < -0.3 is 5.11 Å². The third-order valence-electron chi connectivity index (χ3n) is 2.77. The van der Waals surface area contributed by atoms with Crippen LogP contribution in [-0.2, 0) is 16.6 Å². The minimum absolute atomic E-state index is 0.144. The normalized spacial score (nSPS) is 11.5. The molecular formula is C13H15NO3S2. The van der Waals surface area contributed by atoms with Gasteiger partial charge in [0, 0.05) is 11.9 Å². The molecule has 4 nitrogen and oxygen atoms in total. The molecule has 0 aliphatic heterocycles. The molecule has 0 fully saturated rings. The molecule has 0 atom stereocenters. The van der Waals surface area contributed by atoms with E-state index in [1.807, 2.05) is 25.1 Å². The molecule has 102 valence electrons. The minimum Gasteiger partial charge on any atom is -0.391 e. The van der Waals surface area contributed by atoms with E-state index in [-0.39, 0.29) is 10.8 Å². The number of rotatable bonds is 4. The quantitative estimate of drug-likeness (QED) is 0.942. The predicted molar refractivity (Wildman–Crippen MR) is 77.0 cm³/mol. The second kappa shape index (κ2) is 5.32. The topological polar surface area (TPSA) is 57.6 Å². The minimum atomic E-state index is -3.56. The number of hydrogen-bond donors (Lipinski definition) is 1. The zero-order valence-corrected chi connectivity index (χ0v) is 12.3. The highest BCUT2D eigenvalue weighted by molar-refractivity contribution is 7.94. The molecule has 2 aromatic rings. The zero-order valence-electron chi connectivity index (χ0n) is 10.7. The molecule has 1 N–H and O–H groups in total. The Bertz CT molecular complexity index is 677. The maximum absolute atomic E-state index is 12.4. The molecule has 0 aliphatic carbocycles. The Kier molecular flexibility index (Phi) is 3.93. The van der Waals surface area contributed by atoms with Crippen molar-refractivity contribution >= 4 is 27.0 Å². The highest BCUT2D eigenvalue weighted by Gasteiger charge is 2.23. The van der Waals surface area contributed by atoms with Crippen LogP contribution in [0.3, 0.4) is 0 Å². The molecule has 19 heavy (non-hydrogen) atoms. The molecule has 0 saturated carbocycles. The first-order valence-corrected chi connectivity index (χ1v) is 7.96. The summed E-state index contributed by atoms with van der Waals surface area (Å²) in [4.78, 5) is 0.635. The van der Waals surface area contributed by atoms with Crippen molar-refractivity contribution in [3.05, 3.63) is 46.8 Å². The standard InChI is InChI=1S/C13H15NO3S2/c1-10-4-3-5-11(8-10)14(2)19(16,17)13-7-6-12(9-15)18-13/h3-8,15H,9H2,1-2H3. The van der Waals surface area contributed by atoms with Crippen LogP contribution in [0.25, 0.3) is 0 Å². The van der Waals surface area contributed by atoms with Gasteiger partial charge in [-0.2, -0.15) is 0 Å². The average Bonchev–Trinajstić information content (AvgIpc) is 2.87. The summed E-state index contributed by atoms with van der Waals surface area (Å²) < 4.78 is 26.3. The Morgan fingerprint density at radius 3 is 2.58 bits per heavy atom. The summed E-state index contributed by atoms with van der Waals surface area (Å²) in [6, 6.07) is 10.5. The third-order valence-corrected chi connectivity index (χ3v) is 6.10. The van der Waals surface area contributed by atoms with Crippen molar-refractivity contribution in [2.24, 2.45) is 0 Å². The molecule has 0 saturated heterocycles. The van der Waals surface area contributed by atoms with Gasteiger partial charge in [-0.25, -0.2) is 8.42 Å². The molecule has 0 radical (unpaired) electrons. The zero-order chi connectivity index (χ0) is 14.0. The number of nitrogens with zero attached hydrogens (tertiary/aromatic N) is 1. The van der Waals surface area contributed by atoms with Crippen LogP contribution >= 0.6 is 11.3 Å². The van der Waals surface area contributed by atoms with Gasteiger partial charge in [0.15, 0.2) is 0 Å². The molecule has 0 aliphatic rings. The van der Waals surface area contributed by atoms with E-state index in [1.54, 1.807) is 12.1 Å².